The number of alkyl halides is 3. The van der Waals surface area contributed by atoms with Crippen molar-refractivity contribution in [2.45, 2.75) is 55.3 Å². The minimum Gasteiger partial charge on any atom is -0.394 e. The maximum absolute atomic E-state index is 16.5. The van der Waals surface area contributed by atoms with Crippen molar-refractivity contribution in [2.24, 2.45) is 0 Å². The summed E-state index contributed by atoms with van der Waals surface area (Å²) in [4.78, 5) is 3.38. The summed E-state index contributed by atoms with van der Waals surface area (Å²) in [6, 6.07) is -4.60. The van der Waals surface area contributed by atoms with Crippen molar-refractivity contribution >= 4 is 0 Å². The van der Waals surface area contributed by atoms with Gasteiger partial charge in [-0.05, 0) is 50.3 Å². The van der Waals surface area contributed by atoms with Crippen LogP contribution in [0, 0.1) is 0 Å². The second-order valence-corrected chi connectivity index (χ2v) is 7.83. The van der Waals surface area contributed by atoms with Crippen molar-refractivity contribution in [3.8, 4) is 0 Å². The number of aliphatic hydroxyl groups is 2. The van der Waals surface area contributed by atoms with Gasteiger partial charge in [-0.25, -0.2) is 4.39 Å². The van der Waals surface area contributed by atoms with E-state index in [1.165, 1.54) is 4.90 Å². The molecule has 4 aliphatic rings. The molecule has 0 radical (unpaired) electrons. The van der Waals surface area contributed by atoms with E-state index in [1.807, 2.05) is 0 Å². The van der Waals surface area contributed by atoms with Gasteiger partial charge in [0.2, 0.25) is 5.85 Å². The molecule has 2 N–H and O–H groups in total. The quantitative estimate of drug-likeness (QED) is 0.425. The van der Waals surface area contributed by atoms with Crippen LogP contribution in [-0.4, -0.2) is 99.1 Å². The van der Waals surface area contributed by atoms with E-state index in [-0.39, 0.29) is 39.3 Å². The van der Waals surface area contributed by atoms with Crippen LogP contribution in [0.5, 0.6) is 0 Å². The van der Waals surface area contributed by atoms with E-state index in [1.54, 1.807) is 0 Å². The van der Waals surface area contributed by atoms with Crippen LogP contribution in [0.15, 0.2) is 0 Å². The van der Waals surface area contributed by atoms with Crippen molar-refractivity contribution in [3.05, 3.63) is 0 Å². The molecule has 0 amide bonds. The Kier molecular flexibility index (Phi) is 4.33. The van der Waals surface area contributed by atoms with E-state index in [0.29, 0.717) is 32.1 Å². The van der Waals surface area contributed by atoms with Crippen molar-refractivity contribution in [3.63, 3.8) is 0 Å². The fourth-order valence-corrected chi connectivity index (χ4v) is 5.28. The third kappa shape index (κ3) is 1.88. The molecular formula is C16H26F4N4O2. The summed E-state index contributed by atoms with van der Waals surface area (Å²) in [5, 5.41) is 20.6. The monoisotopic (exact) mass is 382 g/mol. The van der Waals surface area contributed by atoms with Gasteiger partial charge in [0.1, 0.15) is 0 Å². The van der Waals surface area contributed by atoms with E-state index in [4.69, 9.17) is 0 Å². The summed E-state index contributed by atoms with van der Waals surface area (Å²) in [5.41, 5.74) is -2.50. The van der Waals surface area contributed by atoms with Crippen molar-refractivity contribution in [2.75, 3.05) is 45.9 Å². The fraction of sp³-hybridized carbons (Fsp3) is 1.00. The molecule has 0 spiro atoms. The Labute approximate surface area is 149 Å². The lowest BCUT2D eigenvalue weighted by Crippen LogP contribution is -2.81. The number of aliphatic hydroxyl groups excluding tert-OH is 1. The third-order valence-corrected chi connectivity index (χ3v) is 6.74. The highest BCUT2D eigenvalue weighted by atomic mass is 19.3. The number of hydrogen-bond acceptors (Lipinski definition) is 6. The molecule has 4 saturated heterocycles. The average molecular weight is 382 g/mol. The summed E-state index contributed by atoms with van der Waals surface area (Å²) < 4.78 is 62.0. The molecule has 0 aliphatic carbocycles. The molecule has 4 fully saturated rings. The van der Waals surface area contributed by atoms with Gasteiger partial charge in [0, 0.05) is 26.2 Å². The predicted molar refractivity (Wildman–Crippen MR) is 84.3 cm³/mol. The van der Waals surface area contributed by atoms with E-state index in [0.717, 1.165) is 9.80 Å². The molecular weight excluding hydrogens is 356 g/mol. The third-order valence-electron chi connectivity index (χ3n) is 6.74. The molecule has 0 bridgehead atoms. The van der Waals surface area contributed by atoms with Crippen molar-refractivity contribution in [1.82, 2.24) is 19.8 Å². The smallest absolute Gasteiger partial charge is 0.382 e. The van der Waals surface area contributed by atoms with Gasteiger partial charge in [0.05, 0.1) is 6.61 Å². The molecule has 3 atom stereocenters. The Morgan fingerprint density at radius 2 is 1.19 bits per heavy atom. The highest BCUT2D eigenvalue weighted by Gasteiger charge is 2.91. The number of halogens is 4. The van der Waals surface area contributed by atoms with Crippen LogP contribution in [0.25, 0.3) is 0 Å². The summed E-state index contributed by atoms with van der Waals surface area (Å²) in [7, 11) is 0. The summed E-state index contributed by atoms with van der Waals surface area (Å²) in [6.45, 7) is -0.266. The van der Waals surface area contributed by atoms with Crippen LogP contribution >= 0.6 is 0 Å². The van der Waals surface area contributed by atoms with Gasteiger partial charge >= 0.3 is 6.05 Å². The second-order valence-electron chi connectivity index (χ2n) is 7.83. The summed E-state index contributed by atoms with van der Waals surface area (Å²) >= 11 is 0. The van der Waals surface area contributed by atoms with Crippen LogP contribution < -0.4 is 0 Å². The maximum Gasteiger partial charge on any atom is 0.382 e. The molecule has 26 heavy (non-hydrogen) atoms. The highest BCUT2D eigenvalue weighted by Crippen LogP contribution is 2.63. The van der Waals surface area contributed by atoms with Crippen LogP contribution in [0.4, 0.5) is 17.7 Å². The van der Waals surface area contributed by atoms with Gasteiger partial charge in [-0.3, -0.25) is 14.7 Å². The molecule has 4 rings (SSSR count). The molecule has 0 aromatic rings. The molecule has 0 aromatic carbocycles. The van der Waals surface area contributed by atoms with Crippen molar-refractivity contribution in [1.29, 1.82) is 0 Å². The predicted octanol–water partition coefficient (Wildman–Crippen LogP) is 0.720. The Morgan fingerprint density at radius 1 is 0.731 bits per heavy atom. The standard InChI is InChI=1S/C16H26F4N4O2/c17-14(22-8-3-4-9-22)13(12-25,21-6-1-2-7-21)16(26,23-10-5-11-23)24(20)15(14,18)19/h25-26H,1-12H2. The number of nitrogens with zero attached hydrogens (tertiary/aromatic N) is 4. The van der Waals surface area contributed by atoms with Crippen LogP contribution in [0.1, 0.15) is 32.1 Å². The molecule has 6 nitrogen and oxygen atoms in total. The largest absolute Gasteiger partial charge is 0.394 e. The highest BCUT2D eigenvalue weighted by molar-refractivity contribution is 5.27. The number of rotatable bonds is 4. The topological polar surface area (TPSA) is 53.4 Å². The minimum atomic E-state index is -4.60. The first-order chi connectivity index (χ1) is 12.3. The fourth-order valence-electron chi connectivity index (χ4n) is 5.28. The Balaban J connectivity index is 1.94. The molecule has 150 valence electrons. The zero-order chi connectivity index (χ0) is 18.8. The lowest BCUT2D eigenvalue weighted by molar-refractivity contribution is -0.373. The second kappa shape index (κ2) is 5.99. The van der Waals surface area contributed by atoms with E-state index >= 15 is 17.7 Å². The molecule has 4 heterocycles. The van der Waals surface area contributed by atoms with E-state index in [2.05, 4.69) is 0 Å². The molecule has 0 saturated carbocycles. The average Bonchev–Trinajstić information content (AvgIpc) is 3.27. The molecule has 0 aromatic heterocycles. The van der Waals surface area contributed by atoms with E-state index < -0.39 is 35.0 Å². The zero-order valence-corrected chi connectivity index (χ0v) is 14.7. The first-order valence-corrected chi connectivity index (χ1v) is 9.39. The van der Waals surface area contributed by atoms with E-state index in [9.17, 15) is 10.2 Å². The van der Waals surface area contributed by atoms with Gasteiger partial charge in [-0.1, -0.05) is 0 Å². The minimum absolute atomic E-state index is 0.0333. The summed E-state index contributed by atoms with van der Waals surface area (Å²) in [6.07, 6.45) is 2.85. The normalized spacial score (nSPS) is 45.5. The number of likely N-dealkylation sites (tertiary alicyclic amines) is 3. The Morgan fingerprint density at radius 3 is 1.62 bits per heavy atom. The Hall–Kier alpha value is -0.520. The zero-order valence-electron chi connectivity index (χ0n) is 14.7. The van der Waals surface area contributed by atoms with Crippen LogP contribution in [-0.2, 0) is 0 Å². The first-order valence-electron chi connectivity index (χ1n) is 9.39. The van der Waals surface area contributed by atoms with Crippen molar-refractivity contribution < 1.29 is 27.9 Å². The maximum atomic E-state index is 16.5. The van der Waals surface area contributed by atoms with Gasteiger partial charge in [-0.2, -0.15) is 8.78 Å². The van der Waals surface area contributed by atoms with Gasteiger partial charge in [0.15, 0.2) is 5.54 Å². The first kappa shape index (κ1) is 18.8. The summed E-state index contributed by atoms with van der Waals surface area (Å²) in [5.74, 6) is -6.49. The Bertz CT molecular complexity index is 556. The van der Waals surface area contributed by atoms with Crippen LogP contribution in [0.3, 0.4) is 0 Å². The van der Waals surface area contributed by atoms with Crippen LogP contribution in [0.2, 0.25) is 0 Å². The number of hydrogen-bond donors (Lipinski definition) is 2. The van der Waals surface area contributed by atoms with Gasteiger partial charge in [-0.15, -0.1) is 4.48 Å². The van der Waals surface area contributed by atoms with Gasteiger partial charge < -0.3 is 10.2 Å². The molecule has 3 unspecified atom stereocenters. The van der Waals surface area contributed by atoms with Gasteiger partial charge in [0.25, 0.3) is 5.79 Å². The lowest BCUT2D eigenvalue weighted by atomic mass is 9.81. The SMILES string of the molecule is OCC1(N2CCCC2)C(O)(N2CCC2)N(F)C(F)(F)C1(F)N1CCCC1. The lowest BCUT2D eigenvalue weighted by Gasteiger charge is -2.57. The molecule has 4 aliphatic heterocycles. The molecule has 10 heteroatoms.